The number of para-hydroxylation sites is 1. The number of hydrogen-bond donors (Lipinski definition) is 2. The summed E-state index contributed by atoms with van der Waals surface area (Å²) in [6.07, 6.45) is 2.04. The van der Waals surface area contributed by atoms with Gasteiger partial charge in [-0.1, -0.05) is 32.0 Å². The first-order chi connectivity index (χ1) is 10.5. The van der Waals surface area contributed by atoms with Gasteiger partial charge in [-0.15, -0.1) is 0 Å². The Kier molecular flexibility index (Phi) is 4.93. The summed E-state index contributed by atoms with van der Waals surface area (Å²) in [6, 6.07) is 10.0. The van der Waals surface area contributed by atoms with E-state index in [0.717, 1.165) is 5.69 Å². The van der Waals surface area contributed by atoms with E-state index < -0.39 is 17.9 Å². The lowest BCUT2D eigenvalue weighted by atomic mass is 10.0. The van der Waals surface area contributed by atoms with Crippen LogP contribution in [0.3, 0.4) is 0 Å². The molecule has 6 nitrogen and oxygen atoms in total. The molecule has 0 fully saturated rings. The number of aliphatic carboxylic acids is 1. The molecule has 6 heteroatoms. The quantitative estimate of drug-likeness (QED) is 0.855. The molecule has 2 aromatic rings. The molecule has 0 bridgehead atoms. The highest BCUT2D eigenvalue weighted by molar-refractivity contribution is 5.94. The number of benzene rings is 1. The van der Waals surface area contributed by atoms with Crippen LogP contribution < -0.4 is 5.32 Å². The van der Waals surface area contributed by atoms with Crippen LogP contribution in [0.4, 0.5) is 0 Å². The molecule has 0 saturated carbocycles. The molecule has 2 rings (SSSR count). The molecule has 1 atom stereocenters. The van der Waals surface area contributed by atoms with E-state index in [-0.39, 0.29) is 11.6 Å². The van der Waals surface area contributed by atoms with Crippen LogP contribution in [0.5, 0.6) is 0 Å². The zero-order valence-corrected chi connectivity index (χ0v) is 12.6. The van der Waals surface area contributed by atoms with E-state index in [0.29, 0.717) is 6.42 Å². The van der Waals surface area contributed by atoms with E-state index in [2.05, 4.69) is 10.4 Å². The predicted molar refractivity (Wildman–Crippen MR) is 81.9 cm³/mol. The number of carbonyl (C=O) groups excluding carboxylic acids is 1. The Labute approximate surface area is 128 Å². The Morgan fingerprint density at radius 2 is 1.91 bits per heavy atom. The molecular weight excluding hydrogens is 282 g/mol. The zero-order chi connectivity index (χ0) is 16.1. The molecule has 116 valence electrons. The maximum absolute atomic E-state index is 12.1. The fraction of sp³-hybridized carbons (Fsp3) is 0.312. The molecule has 0 aliphatic rings. The van der Waals surface area contributed by atoms with Crippen LogP contribution >= 0.6 is 0 Å². The number of hydrogen-bond acceptors (Lipinski definition) is 3. The second-order valence-corrected chi connectivity index (χ2v) is 5.47. The smallest absolute Gasteiger partial charge is 0.326 e. The standard InChI is InChI=1S/C16H19N3O3/c1-11(2)10-14(16(21)22)17-15(20)13-8-9-19(18-13)12-6-4-3-5-7-12/h3-9,11,14H,10H2,1-2H3,(H,17,20)(H,21,22)/t14-/m1/s1. The Balaban J connectivity index is 2.10. The predicted octanol–water partition coefficient (Wildman–Crippen LogP) is 2.10. The van der Waals surface area contributed by atoms with Crippen molar-refractivity contribution < 1.29 is 14.7 Å². The highest BCUT2D eigenvalue weighted by Gasteiger charge is 2.22. The highest BCUT2D eigenvalue weighted by Crippen LogP contribution is 2.09. The number of rotatable bonds is 6. The SMILES string of the molecule is CC(C)C[C@@H](NC(=O)c1ccn(-c2ccccc2)n1)C(=O)O. The first-order valence-corrected chi connectivity index (χ1v) is 7.12. The fourth-order valence-corrected chi connectivity index (χ4v) is 2.09. The van der Waals surface area contributed by atoms with Gasteiger partial charge in [0.25, 0.3) is 5.91 Å². The zero-order valence-electron chi connectivity index (χ0n) is 12.6. The molecule has 0 saturated heterocycles. The molecule has 1 heterocycles. The van der Waals surface area contributed by atoms with Gasteiger partial charge in [-0.2, -0.15) is 5.10 Å². The van der Waals surface area contributed by atoms with Crippen molar-refractivity contribution in [1.82, 2.24) is 15.1 Å². The van der Waals surface area contributed by atoms with Gasteiger partial charge < -0.3 is 10.4 Å². The Morgan fingerprint density at radius 3 is 2.50 bits per heavy atom. The third kappa shape index (κ3) is 3.94. The van der Waals surface area contributed by atoms with Crippen molar-refractivity contribution in [1.29, 1.82) is 0 Å². The lowest BCUT2D eigenvalue weighted by Gasteiger charge is -2.15. The largest absolute Gasteiger partial charge is 0.480 e. The Morgan fingerprint density at radius 1 is 1.23 bits per heavy atom. The van der Waals surface area contributed by atoms with E-state index in [4.69, 9.17) is 5.11 Å². The van der Waals surface area contributed by atoms with Crippen LogP contribution in [-0.4, -0.2) is 32.8 Å². The summed E-state index contributed by atoms with van der Waals surface area (Å²) in [7, 11) is 0. The summed E-state index contributed by atoms with van der Waals surface area (Å²) in [4.78, 5) is 23.3. The van der Waals surface area contributed by atoms with Crippen LogP contribution in [0.1, 0.15) is 30.8 Å². The third-order valence-electron chi connectivity index (χ3n) is 3.15. The average molecular weight is 301 g/mol. The van der Waals surface area contributed by atoms with Gasteiger partial charge in [0.2, 0.25) is 0 Å². The van der Waals surface area contributed by atoms with Crippen molar-refractivity contribution in [3.63, 3.8) is 0 Å². The van der Waals surface area contributed by atoms with Gasteiger partial charge in [0, 0.05) is 6.20 Å². The van der Waals surface area contributed by atoms with E-state index in [9.17, 15) is 9.59 Å². The normalized spacial score (nSPS) is 12.1. The average Bonchev–Trinajstić information content (AvgIpc) is 2.96. The number of carbonyl (C=O) groups is 2. The molecule has 0 aliphatic heterocycles. The second kappa shape index (κ2) is 6.89. The monoisotopic (exact) mass is 301 g/mol. The molecule has 0 radical (unpaired) electrons. The summed E-state index contributed by atoms with van der Waals surface area (Å²) in [5, 5.41) is 15.9. The highest BCUT2D eigenvalue weighted by atomic mass is 16.4. The molecule has 1 amide bonds. The summed E-state index contributed by atoms with van der Waals surface area (Å²) in [5.41, 5.74) is 1.03. The number of carboxylic acid groups (broad SMARTS) is 1. The summed E-state index contributed by atoms with van der Waals surface area (Å²) in [5.74, 6) is -1.35. The molecule has 22 heavy (non-hydrogen) atoms. The number of amides is 1. The van der Waals surface area contributed by atoms with Gasteiger partial charge >= 0.3 is 5.97 Å². The number of nitrogens with one attached hydrogen (secondary N) is 1. The third-order valence-corrected chi connectivity index (χ3v) is 3.15. The van der Waals surface area contributed by atoms with Crippen molar-refractivity contribution in [2.75, 3.05) is 0 Å². The van der Waals surface area contributed by atoms with E-state index in [1.165, 1.54) is 0 Å². The van der Waals surface area contributed by atoms with Gasteiger partial charge in [-0.25, -0.2) is 9.48 Å². The number of nitrogens with zero attached hydrogens (tertiary/aromatic N) is 2. The van der Waals surface area contributed by atoms with Crippen molar-refractivity contribution in [2.45, 2.75) is 26.3 Å². The maximum Gasteiger partial charge on any atom is 0.326 e. The molecule has 0 aliphatic carbocycles. The minimum Gasteiger partial charge on any atom is -0.480 e. The van der Waals surface area contributed by atoms with Gasteiger partial charge in [0.15, 0.2) is 5.69 Å². The van der Waals surface area contributed by atoms with Crippen molar-refractivity contribution in [2.24, 2.45) is 5.92 Å². The second-order valence-electron chi connectivity index (χ2n) is 5.47. The van der Waals surface area contributed by atoms with Gasteiger partial charge in [0.1, 0.15) is 6.04 Å². The van der Waals surface area contributed by atoms with Crippen molar-refractivity contribution in [3.05, 3.63) is 48.3 Å². The van der Waals surface area contributed by atoms with E-state index in [1.807, 2.05) is 44.2 Å². The fourth-order valence-electron chi connectivity index (χ4n) is 2.09. The van der Waals surface area contributed by atoms with Crippen LogP contribution in [0.25, 0.3) is 5.69 Å². The Hall–Kier alpha value is -2.63. The number of aromatic nitrogens is 2. The molecule has 0 unspecified atom stereocenters. The lowest BCUT2D eigenvalue weighted by Crippen LogP contribution is -2.41. The first kappa shape index (κ1) is 15.8. The first-order valence-electron chi connectivity index (χ1n) is 7.12. The summed E-state index contributed by atoms with van der Waals surface area (Å²) < 4.78 is 1.58. The Bertz CT molecular complexity index is 650. The van der Waals surface area contributed by atoms with Crippen LogP contribution in [0.15, 0.2) is 42.6 Å². The van der Waals surface area contributed by atoms with Crippen molar-refractivity contribution in [3.8, 4) is 5.69 Å². The van der Waals surface area contributed by atoms with E-state index >= 15 is 0 Å². The van der Waals surface area contributed by atoms with Gasteiger partial charge in [0.05, 0.1) is 5.69 Å². The molecule has 1 aromatic carbocycles. The maximum atomic E-state index is 12.1. The molecule has 1 aromatic heterocycles. The topological polar surface area (TPSA) is 84.2 Å². The molecular formula is C16H19N3O3. The minimum atomic E-state index is -1.04. The molecule has 2 N–H and O–H groups in total. The summed E-state index contributed by atoms with van der Waals surface area (Å²) >= 11 is 0. The lowest BCUT2D eigenvalue weighted by molar-refractivity contribution is -0.139. The van der Waals surface area contributed by atoms with Gasteiger partial charge in [-0.05, 0) is 30.5 Å². The minimum absolute atomic E-state index is 0.170. The van der Waals surface area contributed by atoms with Crippen LogP contribution in [-0.2, 0) is 4.79 Å². The van der Waals surface area contributed by atoms with Crippen molar-refractivity contribution >= 4 is 11.9 Å². The number of carboxylic acids is 1. The van der Waals surface area contributed by atoms with Gasteiger partial charge in [-0.3, -0.25) is 4.79 Å². The van der Waals surface area contributed by atoms with E-state index in [1.54, 1.807) is 16.9 Å². The molecule has 0 spiro atoms. The van der Waals surface area contributed by atoms with Crippen LogP contribution in [0, 0.1) is 5.92 Å². The van der Waals surface area contributed by atoms with Crippen LogP contribution in [0.2, 0.25) is 0 Å². The summed E-state index contributed by atoms with van der Waals surface area (Å²) in [6.45, 7) is 3.82.